The van der Waals surface area contributed by atoms with Gasteiger partial charge >= 0.3 is 6.18 Å². The van der Waals surface area contributed by atoms with Crippen LogP contribution >= 0.6 is 0 Å². The van der Waals surface area contributed by atoms with Gasteiger partial charge in [-0.3, -0.25) is 4.98 Å². The minimum absolute atomic E-state index is 0.00262. The second-order valence-corrected chi connectivity index (χ2v) is 5.20. The zero-order chi connectivity index (χ0) is 15.9. The number of halogens is 4. The summed E-state index contributed by atoms with van der Waals surface area (Å²) in [5.41, 5.74) is 6.37. The number of benzene rings is 1. The van der Waals surface area contributed by atoms with Crippen molar-refractivity contribution in [3.63, 3.8) is 0 Å². The number of rotatable bonds is 1. The monoisotopic (exact) mass is 311 g/mol. The van der Waals surface area contributed by atoms with Gasteiger partial charge in [-0.15, -0.1) is 0 Å². The Bertz CT molecular complexity index is 712. The quantitative estimate of drug-likeness (QED) is 0.648. The van der Waals surface area contributed by atoms with E-state index < -0.39 is 17.6 Å². The highest BCUT2D eigenvalue weighted by atomic mass is 19.4. The van der Waals surface area contributed by atoms with Crippen molar-refractivity contribution in [2.45, 2.75) is 19.1 Å². The van der Waals surface area contributed by atoms with Crippen LogP contribution in [0.5, 0.6) is 0 Å². The molecule has 7 heteroatoms. The topological polar surface area (TPSA) is 42.1 Å². The van der Waals surface area contributed by atoms with Gasteiger partial charge in [0.1, 0.15) is 5.82 Å². The first-order chi connectivity index (χ1) is 10.4. The molecular weight excluding hydrogens is 298 g/mol. The van der Waals surface area contributed by atoms with Crippen LogP contribution in [0.15, 0.2) is 30.6 Å². The van der Waals surface area contributed by atoms with Crippen molar-refractivity contribution >= 4 is 11.4 Å². The molecular formula is C15H13F4N3. The summed E-state index contributed by atoms with van der Waals surface area (Å²) in [5, 5.41) is 0. The minimum atomic E-state index is -4.44. The van der Waals surface area contributed by atoms with Gasteiger partial charge in [-0.1, -0.05) is 0 Å². The Morgan fingerprint density at radius 1 is 1.18 bits per heavy atom. The SMILES string of the molecule is Nc1cc2c(cc1F)CCN(c1cnccc1C(F)(F)F)C2. The van der Waals surface area contributed by atoms with E-state index in [0.717, 1.165) is 23.4 Å². The van der Waals surface area contributed by atoms with Crippen LogP contribution in [0.4, 0.5) is 28.9 Å². The molecule has 1 aromatic carbocycles. The number of alkyl halides is 3. The van der Waals surface area contributed by atoms with Crippen molar-refractivity contribution in [3.8, 4) is 0 Å². The Hall–Kier alpha value is -2.31. The molecule has 116 valence electrons. The lowest BCUT2D eigenvalue weighted by Gasteiger charge is -2.32. The lowest BCUT2D eigenvalue weighted by atomic mass is 9.98. The fraction of sp³-hybridized carbons (Fsp3) is 0.267. The predicted octanol–water partition coefficient (Wildman–Crippen LogP) is 3.38. The minimum Gasteiger partial charge on any atom is -0.396 e. The Labute approximate surface area is 124 Å². The lowest BCUT2D eigenvalue weighted by molar-refractivity contribution is -0.137. The summed E-state index contributed by atoms with van der Waals surface area (Å²) in [7, 11) is 0. The normalized spacial score (nSPS) is 14.8. The maximum atomic E-state index is 13.4. The summed E-state index contributed by atoms with van der Waals surface area (Å²) in [6, 6.07) is 3.81. The number of aromatic nitrogens is 1. The highest BCUT2D eigenvalue weighted by molar-refractivity contribution is 5.56. The molecule has 2 heterocycles. The van der Waals surface area contributed by atoms with Crippen molar-refractivity contribution < 1.29 is 17.6 Å². The molecule has 2 N–H and O–H groups in total. The first-order valence-electron chi connectivity index (χ1n) is 6.69. The molecule has 1 aliphatic rings. The van der Waals surface area contributed by atoms with E-state index in [1.165, 1.54) is 18.3 Å². The van der Waals surface area contributed by atoms with Gasteiger partial charge in [-0.25, -0.2) is 4.39 Å². The van der Waals surface area contributed by atoms with Gasteiger partial charge in [0.25, 0.3) is 0 Å². The summed E-state index contributed by atoms with van der Waals surface area (Å²) in [5.74, 6) is -0.496. The van der Waals surface area contributed by atoms with Crippen LogP contribution in [0, 0.1) is 5.82 Å². The van der Waals surface area contributed by atoms with Crippen LogP contribution in [0.2, 0.25) is 0 Å². The van der Waals surface area contributed by atoms with E-state index in [0.29, 0.717) is 13.0 Å². The molecule has 0 amide bonds. The summed E-state index contributed by atoms with van der Waals surface area (Å²) in [4.78, 5) is 5.39. The second kappa shape index (κ2) is 5.15. The molecule has 1 aliphatic heterocycles. The highest BCUT2D eigenvalue weighted by Crippen LogP contribution is 2.37. The van der Waals surface area contributed by atoms with Gasteiger partial charge in [0.05, 0.1) is 23.1 Å². The van der Waals surface area contributed by atoms with Crippen molar-refractivity contribution in [2.24, 2.45) is 0 Å². The summed E-state index contributed by atoms with van der Waals surface area (Å²) in [6.07, 6.45) is -1.66. The molecule has 22 heavy (non-hydrogen) atoms. The smallest absolute Gasteiger partial charge is 0.396 e. The van der Waals surface area contributed by atoms with Crippen LogP contribution < -0.4 is 10.6 Å². The zero-order valence-electron chi connectivity index (χ0n) is 11.5. The lowest BCUT2D eigenvalue weighted by Crippen LogP contribution is -2.32. The Morgan fingerprint density at radius 2 is 1.95 bits per heavy atom. The van der Waals surface area contributed by atoms with Gasteiger partial charge < -0.3 is 10.6 Å². The Morgan fingerprint density at radius 3 is 2.68 bits per heavy atom. The molecule has 2 aromatic rings. The molecule has 0 fully saturated rings. The first-order valence-corrected chi connectivity index (χ1v) is 6.69. The van der Waals surface area contributed by atoms with Crippen molar-refractivity contribution in [3.05, 3.63) is 53.1 Å². The van der Waals surface area contributed by atoms with E-state index >= 15 is 0 Å². The molecule has 0 saturated heterocycles. The van der Waals surface area contributed by atoms with E-state index in [1.807, 2.05) is 0 Å². The molecule has 0 saturated carbocycles. The zero-order valence-corrected chi connectivity index (χ0v) is 11.5. The van der Waals surface area contributed by atoms with E-state index in [1.54, 1.807) is 4.90 Å². The Balaban J connectivity index is 1.97. The van der Waals surface area contributed by atoms with E-state index in [9.17, 15) is 17.6 Å². The van der Waals surface area contributed by atoms with Gasteiger partial charge in [-0.2, -0.15) is 13.2 Å². The molecule has 0 unspecified atom stereocenters. The maximum absolute atomic E-state index is 13.4. The standard InChI is InChI=1S/C15H13F4N3/c16-12-5-9-2-4-22(8-10(9)6-13(12)20)14-7-21-3-1-11(14)15(17,18)19/h1,3,5-7H,2,4,8,20H2. The number of hydrogen-bond acceptors (Lipinski definition) is 3. The summed E-state index contributed by atoms with van der Waals surface area (Å²) < 4.78 is 52.7. The van der Waals surface area contributed by atoms with Gasteiger partial charge in [0.15, 0.2) is 0 Å². The van der Waals surface area contributed by atoms with Crippen LogP contribution in [-0.4, -0.2) is 11.5 Å². The van der Waals surface area contributed by atoms with Crippen LogP contribution in [0.3, 0.4) is 0 Å². The molecule has 0 bridgehead atoms. The van der Waals surface area contributed by atoms with Crippen LogP contribution in [0.1, 0.15) is 16.7 Å². The largest absolute Gasteiger partial charge is 0.418 e. The highest BCUT2D eigenvalue weighted by Gasteiger charge is 2.35. The molecule has 0 aliphatic carbocycles. The van der Waals surface area contributed by atoms with Gasteiger partial charge in [0, 0.05) is 19.3 Å². The number of fused-ring (bicyclic) bond motifs is 1. The summed E-state index contributed by atoms with van der Waals surface area (Å²) >= 11 is 0. The first kappa shape index (κ1) is 14.6. The average molecular weight is 311 g/mol. The number of pyridine rings is 1. The third-order valence-corrected chi connectivity index (χ3v) is 3.78. The number of anilines is 2. The summed E-state index contributed by atoms with van der Waals surface area (Å²) in [6.45, 7) is 0.611. The van der Waals surface area contributed by atoms with Crippen LogP contribution in [-0.2, 0) is 19.1 Å². The second-order valence-electron chi connectivity index (χ2n) is 5.20. The fourth-order valence-corrected chi connectivity index (χ4v) is 2.68. The molecule has 1 aromatic heterocycles. The molecule has 0 atom stereocenters. The van der Waals surface area contributed by atoms with E-state index in [-0.39, 0.29) is 17.9 Å². The van der Waals surface area contributed by atoms with Crippen molar-refractivity contribution in [2.75, 3.05) is 17.2 Å². The third-order valence-electron chi connectivity index (χ3n) is 3.78. The average Bonchev–Trinajstić information content (AvgIpc) is 2.47. The molecule has 3 nitrogen and oxygen atoms in total. The number of nitrogen functional groups attached to an aromatic ring is 1. The van der Waals surface area contributed by atoms with Gasteiger partial charge in [0.2, 0.25) is 0 Å². The molecule has 0 radical (unpaired) electrons. The molecule has 3 rings (SSSR count). The molecule has 0 spiro atoms. The maximum Gasteiger partial charge on any atom is 0.418 e. The number of hydrogen-bond donors (Lipinski definition) is 1. The Kier molecular flexibility index (Phi) is 3.42. The predicted molar refractivity (Wildman–Crippen MR) is 74.8 cm³/mol. The number of nitrogens with two attached hydrogens (primary N) is 1. The number of nitrogens with zero attached hydrogens (tertiary/aromatic N) is 2. The fourth-order valence-electron chi connectivity index (χ4n) is 2.68. The van der Waals surface area contributed by atoms with E-state index in [2.05, 4.69) is 4.98 Å². The van der Waals surface area contributed by atoms with E-state index in [4.69, 9.17) is 5.73 Å². The van der Waals surface area contributed by atoms with Crippen molar-refractivity contribution in [1.82, 2.24) is 4.98 Å². The van der Waals surface area contributed by atoms with Gasteiger partial charge in [-0.05, 0) is 35.7 Å². The van der Waals surface area contributed by atoms with Crippen LogP contribution in [0.25, 0.3) is 0 Å². The van der Waals surface area contributed by atoms with Crippen molar-refractivity contribution in [1.29, 1.82) is 0 Å². The third kappa shape index (κ3) is 2.58.